The number of guanidine groups is 1. The van der Waals surface area contributed by atoms with Gasteiger partial charge in [0, 0.05) is 45.8 Å². The predicted molar refractivity (Wildman–Crippen MR) is 100 cm³/mol. The van der Waals surface area contributed by atoms with Crippen LogP contribution in [0.4, 0.5) is 0 Å². The van der Waals surface area contributed by atoms with Gasteiger partial charge >= 0.3 is 0 Å². The van der Waals surface area contributed by atoms with Crippen LogP contribution in [0, 0.1) is 0 Å². The van der Waals surface area contributed by atoms with Gasteiger partial charge < -0.3 is 15.0 Å². The largest absolute Gasteiger partial charge is 0.379 e. The van der Waals surface area contributed by atoms with E-state index in [0.29, 0.717) is 12.6 Å². The molecule has 1 unspecified atom stereocenters. The van der Waals surface area contributed by atoms with Gasteiger partial charge in [0.05, 0.1) is 18.1 Å². The van der Waals surface area contributed by atoms with Crippen molar-refractivity contribution in [1.29, 1.82) is 0 Å². The van der Waals surface area contributed by atoms with Crippen molar-refractivity contribution >= 4 is 16.0 Å². The van der Waals surface area contributed by atoms with Crippen LogP contribution in [0.1, 0.15) is 12.0 Å². The zero-order valence-electron chi connectivity index (χ0n) is 15.1. The highest BCUT2D eigenvalue weighted by atomic mass is 32.2. The first-order chi connectivity index (χ1) is 12.5. The Morgan fingerprint density at radius 2 is 1.96 bits per heavy atom. The fraction of sp³-hybridized carbons (Fsp3) is 0.588. The number of primary sulfonamides is 1. The molecule has 0 spiro atoms. The van der Waals surface area contributed by atoms with Crippen LogP contribution >= 0.6 is 0 Å². The van der Waals surface area contributed by atoms with Gasteiger partial charge in [-0.15, -0.1) is 0 Å². The third kappa shape index (κ3) is 4.73. The number of hydrogen-bond donors (Lipinski definition) is 2. The van der Waals surface area contributed by atoms with Crippen molar-refractivity contribution in [2.45, 2.75) is 23.9 Å². The summed E-state index contributed by atoms with van der Waals surface area (Å²) in [6.45, 7) is 6.16. The molecule has 3 rings (SSSR count). The summed E-state index contributed by atoms with van der Waals surface area (Å²) < 4.78 is 28.1. The van der Waals surface area contributed by atoms with Gasteiger partial charge in [-0.25, -0.2) is 13.6 Å². The monoisotopic (exact) mass is 381 g/mol. The topological polar surface area (TPSA) is 100 Å². The molecule has 1 aromatic carbocycles. The van der Waals surface area contributed by atoms with Crippen LogP contribution in [0.25, 0.3) is 0 Å². The molecule has 3 N–H and O–H groups in total. The van der Waals surface area contributed by atoms with Crippen molar-refractivity contribution in [3.8, 4) is 0 Å². The molecule has 2 aliphatic heterocycles. The summed E-state index contributed by atoms with van der Waals surface area (Å²) in [5, 5.41) is 8.49. The normalized spacial score (nSPS) is 22.6. The lowest BCUT2D eigenvalue weighted by Crippen LogP contribution is -2.46. The van der Waals surface area contributed by atoms with Crippen LogP contribution < -0.4 is 10.5 Å². The number of morpholine rings is 1. The molecule has 26 heavy (non-hydrogen) atoms. The fourth-order valence-corrected chi connectivity index (χ4v) is 4.00. The summed E-state index contributed by atoms with van der Waals surface area (Å²) in [4.78, 5) is 9.30. The summed E-state index contributed by atoms with van der Waals surface area (Å²) in [5.41, 5.74) is 0.975. The van der Waals surface area contributed by atoms with Crippen LogP contribution in [0.3, 0.4) is 0 Å². The second-order valence-electron chi connectivity index (χ2n) is 6.63. The van der Waals surface area contributed by atoms with Crippen molar-refractivity contribution in [3.05, 3.63) is 29.8 Å². The summed E-state index contributed by atoms with van der Waals surface area (Å²) in [6, 6.07) is 7.13. The van der Waals surface area contributed by atoms with E-state index in [1.807, 2.05) is 0 Å². The quantitative estimate of drug-likeness (QED) is 0.554. The Balaban J connectivity index is 1.53. The van der Waals surface area contributed by atoms with Crippen molar-refractivity contribution in [2.75, 3.05) is 46.4 Å². The van der Waals surface area contributed by atoms with Crippen molar-refractivity contribution in [2.24, 2.45) is 10.1 Å². The first kappa shape index (κ1) is 19.1. The van der Waals surface area contributed by atoms with E-state index in [1.165, 1.54) is 12.1 Å². The first-order valence-electron chi connectivity index (χ1n) is 8.86. The summed E-state index contributed by atoms with van der Waals surface area (Å²) in [6.07, 6.45) is 1.13. The predicted octanol–water partition coefficient (Wildman–Crippen LogP) is -0.184. The SMILES string of the molecule is CN=C(NCc1ccc(S(N)(=O)=O)cc1)N1CCC(N2CCOCC2)C1. The molecule has 9 heteroatoms. The maximum atomic E-state index is 11.3. The Hall–Kier alpha value is -1.68. The van der Waals surface area contributed by atoms with E-state index in [1.54, 1.807) is 19.2 Å². The lowest BCUT2D eigenvalue weighted by Gasteiger charge is -2.32. The van der Waals surface area contributed by atoms with Gasteiger partial charge in [0.1, 0.15) is 0 Å². The molecule has 0 bridgehead atoms. The Kier molecular flexibility index (Phi) is 6.13. The second kappa shape index (κ2) is 8.34. The molecule has 0 amide bonds. The van der Waals surface area contributed by atoms with E-state index in [-0.39, 0.29) is 4.90 Å². The van der Waals surface area contributed by atoms with Gasteiger partial charge in [-0.05, 0) is 24.1 Å². The minimum Gasteiger partial charge on any atom is -0.379 e. The number of sulfonamides is 1. The number of likely N-dealkylation sites (tertiary alicyclic amines) is 1. The van der Waals surface area contributed by atoms with Crippen LogP contribution in [-0.2, 0) is 21.3 Å². The van der Waals surface area contributed by atoms with E-state index in [2.05, 4.69) is 20.1 Å². The minimum absolute atomic E-state index is 0.124. The number of benzene rings is 1. The highest BCUT2D eigenvalue weighted by Gasteiger charge is 2.30. The zero-order valence-corrected chi connectivity index (χ0v) is 15.9. The average molecular weight is 382 g/mol. The van der Waals surface area contributed by atoms with Crippen LogP contribution in [0.15, 0.2) is 34.2 Å². The molecular formula is C17H27N5O3S. The minimum atomic E-state index is -3.65. The van der Waals surface area contributed by atoms with E-state index >= 15 is 0 Å². The molecule has 0 saturated carbocycles. The smallest absolute Gasteiger partial charge is 0.238 e. The molecular weight excluding hydrogens is 354 g/mol. The number of nitrogens with one attached hydrogen (secondary N) is 1. The number of hydrogen-bond acceptors (Lipinski definition) is 5. The molecule has 2 aliphatic rings. The van der Waals surface area contributed by atoms with Gasteiger partial charge in [0.2, 0.25) is 10.0 Å². The lowest BCUT2D eigenvalue weighted by atomic mass is 10.2. The fourth-order valence-electron chi connectivity index (χ4n) is 3.49. The van der Waals surface area contributed by atoms with E-state index in [9.17, 15) is 8.42 Å². The maximum absolute atomic E-state index is 11.3. The average Bonchev–Trinajstić information content (AvgIpc) is 3.13. The Bertz CT molecular complexity index is 729. The highest BCUT2D eigenvalue weighted by molar-refractivity contribution is 7.89. The van der Waals surface area contributed by atoms with Gasteiger partial charge in [-0.3, -0.25) is 9.89 Å². The molecule has 8 nitrogen and oxygen atoms in total. The lowest BCUT2D eigenvalue weighted by molar-refractivity contribution is 0.0195. The molecule has 2 heterocycles. The van der Waals surface area contributed by atoms with Gasteiger partial charge in [0.15, 0.2) is 5.96 Å². The molecule has 1 aromatic rings. The van der Waals surface area contributed by atoms with E-state index in [0.717, 1.165) is 57.3 Å². The number of ether oxygens (including phenoxy) is 1. The summed E-state index contributed by atoms with van der Waals surface area (Å²) >= 11 is 0. The number of aliphatic imine (C=N–C) groups is 1. The standard InChI is InChI=1S/C17H27N5O3S/c1-19-17(20-12-14-2-4-16(5-3-14)26(18,23)24)22-7-6-15(13-22)21-8-10-25-11-9-21/h2-5,15H,6-13H2,1H3,(H,19,20)(H2,18,23,24). The van der Waals surface area contributed by atoms with Crippen LogP contribution in [-0.4, -0.2) is 76.7 Å². The van der Waals surface area contributed by atoms with Gasteiger partial charge in [0.25, 0.3) is 0 Å². The van der Waals surface area contributed by atoms with Crippen LogP contribution in [0.5, 0.6) is 0 Å². The summed E-state index contributed by atoms with van der Waals surface area (Å²) in [5.74, 6) is 0.872. The number of nitrogens with two attached hydrogens (primary N) is 1. The van der Waals surface area contributed by atoms with Crippen molar-refractivity contribution in [3.63, 3.8) is 0 Å². The van der Waals surface area contributed by atoms with Gasteiger partial charge in [-0.1, -0.05) is 12.1 Å². The molecule has 0 aliphatic carbocycles. The summed E-state index contributed by atoms with van der Waals surface area (Å²) in [7, 11) is -1.87. The molecule has 0 aromatic heterocycles. The van der Waals surface area contributed by atoms with Gasteiger partial charge in [-0.2, -0.15) is 0 Å². The number of nitrogens with zero attached hydrogens (tertiary/aromatic N) is 3. The first-order valence-corrected chi connectivity index (χ1v) is 10.4. The molecule has 0 radical (unpaired) electrons. The Labute approximate surface area is 155 Å². The van der Waals surface area contributed by atoms with Crippen molar-refractivity contribution < 1.29 is 13.2 Å². The van der Waals surface area contributed by atoms with Crippen molar-refractivity contribution in [1.82, 2.24) is 15.1 Å². The van der Waals surface area contributed by atoms with E-state index in [4.69, 9.17) is 9.88 Å². The molecule has 1 atom stereocenters. The third-order valence-corrected chi connectivity index (χ3v) is 5.87. The third-order valence-electron chi connectivity index (χ3n) is 4.94. The Morgan fingerprint density at radius 1 is 1.27 bits per heavy atom. The number of rotatable bonds is 4. The second-order valence-corrected chi connectivity index (χ2v) is 8.19. The molecule has 2 fully saturated rings. The molecule has 2 saturated heterocycles. The van der Waals surface area contributed by atoms with Crippen LogP contribution in [0.2, 0.25) is 0 Å². The Morgan fingerprint density at radius 3 is 2.58 bits per heavy atom. The highest BCUT2D eigenvalue weighted by Crippen LogP contribution is 2.17. The molecule has 144 valence electrons. The zero-order chi connectivity index (χ0) is 18.6. The maximum Gasteiger partial charge on any atom is 0.238 e. The van der Waals surface area contributed by atoms with E-state index < -0.39 is 10.0 Å².